The van der Waals surface area contributed by atoms with Crippen LogP contribution in [0.4, 0.5) is 5.82 Å². The first-order valence-corrected chi connectivity index (χ1v) is 22.3. The van der Waals surface area contributed by atoms with Gasteiger partial charge in [-0.3, -0.25) is 28.1 Å². The first kappa shape index (κ1) is 47.2. The number of thioether (sulfide) groups is 2. The highest BCUT2D eigenvalue weighted by Crippen LogP contribution is 2.56. The number of nitrogens with two attached hydrogens (primary N) is 1. The number of phosphoric ester groups is 3. The molecule has 312 valence electrons. The Bertz CT molecular complexity index is 1800. The number of anilines is 1. The van der Waals surface area contributed by atoms with Gasteiger partial charge in [0.1, 0.15) is 41.7 Å². The first-order valence-electron chi connectivity index (χ1n) is 15.6. The molecule has 3 unspecified atom stereocenters. The lowest BCUT2D eigenvalue weighted by atomic mass is 9.87. The molecule has 0 saturated carbocycles. The quantitative estimate of drug-likeness (QED) is 0.0375. The summed E-state index contributed by atoms with van der Waals surface area (Å²) >= 11 is 2.05. The highest BCUT2D eigenvalue weighted by molar-refractivity contribution is 8.13. The van der Waals surface area contributed by atoms with Crippen molar-refractivity contribution in [3.8, 4) is 0 Å². The first-order chi connectivity index (χ1) is 25.4. The number of imidazole rings is 1. The van der Waals surface area contributed by atoms with E-state index in [-0.39, 0.29) is 53.8 Å². The van der Waals surface area contributed by atoms with E-state index in [2.05, 4.69) is 43.5 Å². The summed E-state index contributed by atoms with van der Waals surface area (Å²) in [6, 6.07) is 0. The number of carbonyl (C=O) groups excluding carboxylic acids is 3. The summed E-state index contributed by atoms with van der Waals surface area (Å²) in [5.41, 5.74) is 3.22. The summed E-state index contributed by atoms with van der Waals surface area (Å²) in [7, 11) is -17.6. The van der Waals surface area contributed by atoms with Crippen LogP contribution < -0.4 is 35.9 Å². The van der Waals surface area contributed by atoms with Crippen LogP contribution in [-0.2, 0) is 50.7 Å². The molecule has 7 N–H and O–H groups in total. The van der Waals surface area contributed by atoms with E-state index < -0.39 is 90.0 Å². The number of aliphatic hydroxyl groups is 3. The van der Waals surface area contributed by atoms with Gasteiger partial charge in [0.05, 0.1) is 33.8 Å². The van der Waals surface area contributed by atoms with Crippen molar-refractivity contribution in [3.05, 3.63) is 12.7 Å². The van der Waals surface area contributed by atoms with Crippen molar-refractivity contribution >= 4 is 80.9 Å². The van der Waals surface area contributed by atoms with E-state index in [0.717, 1.165) is 40.7 Å². The summed E-state index contributed by atoms with van der Waals surface area (Å²) in [5, 5.41) is 35.3. The van der Waals surface area contributed by atoms with Crippen LogP contribution in [0.1, 0.15) is 32.9 Å². The lowest BCUT2D eigenvalue weighted by Crippen LogP contribution is -2.46. The van der Waals surface area contributed by atoms with E-state index in [0.29, 0.717) is 0 Å². The molecule has 3 heterocycles. The van der Waals surface area contributed by atoms with Crippen LogP contribution in [0.15, 0.2) is 12.7 Å². The molecule has 3 rings (SSSR count). The molecule has 2 amide bonds. The zero-order valence-electron chi connectivity index (χ0n) is 29.1. The highest BCUT2D eigenvalue weighted by atomic mass is 32.2. The Labute approximate surface area is 320 Å². The molecule has 0 aromatic carbocycles. The van der Waals surface area contributed by atoms with E-state index in [1.165, 1.54) is 13.8 Å². The number of hydrogen-bond donors (Lipinski definition) is 6. The molecule has 1 aliphatic heterocycles. The normalized spacial score (nSPS) is 22.4. The Balaban J connectivity index is 1.49. The molecular formula is C25H38N7O18P3S2-4. The van der Waals surface area contributed by atoms with E-state index in [1.54, 1.807) is 6.26 Å². The number of phosphoric acid groups is 3. The molecule has 0 radical (unpaired) electrons. The van der Waals surface area contributed by atoms with Gasteiger partial charge in [0, 0.05) is 30.7 Å². The molecule has 0 spiro atoms. The van der Waals surface area contributed by atoms with Gasteiger partial charge in [-0.1, -0.05) is 25.6 Å². The van der Waals surface area contributed by atoms with E-state index in [4.69, 9.17) is 10.5 Å². The SMILES string of the molecule is CSC(O)CC(=O)SCCNC(=O)CCNC(=O)[C@H](O)C(C)(C)COP(=O)([O-])OP(=O)([O-])OC[C@H]1O[C@@H](n2cnc3c(N)ncnc32)[C@H](O)[C@@H]1OP(=O)([O-])[O-]. The molecule has 25 nitrogen and oxygen atoms in total. The molecule has 0 bridgehead atoms. The molecule has 8 atom stereocenters. The highest BCUT2D eigenvalue weighted by Gasteiger charge is 2.47. The van der Waals surface area contributed by atoms with Gasteiger partial charge in [-0.25, -0.2) is 19.3 Å². The number of aliphatic hydroxyl groups excluding tert-OH is 3. The van der Waals surface area contributed by atoms with Crippen LogP contribution in [0.25, 0.3) is 11.2 Å². The lowest BCUT2D eigenvalue weighted by Gasteiger charge is -2.36. The van der Waals surface area contributed by atoms with Gasteiger partial charge in [-0.2, -0.15) is 0 Å². The zero-order chi connectivity index (χ0) is 41.4. The number of nitrogen functional groups attached to an aromatic ring is 1. The Kier molecular flexibility index (Phi) is 17.2. The standard InChI is InChI=1S/C25H42N7O18P3S2/c1-25(2,20(37)23(38)28-5-4-14(33)27-6-7-55-16(35)8-15(34)54-3)10-47-53(44,45)50-52(42,43)46-9-13-19(49-51(39,40)41)18(36)24(48-13)32-12-31-17-21(26)29-11-30-22(17)32/h11-13,15,18-20,24,34,36-37H,4-10H2,1-3H3,(H,27,33)(H,28,38)(H,42,43)(H,44,45)(H2,26,29,30)(H2,39,40,41)/p-4/t13-,15?,18-,19-,20+,24-/m1/s1. The summed E-state index contributed by atoms with van der Waals surface area (Å²) < 4.78 is 60.4. The molecular weight excluding hydrogens is 843 g/mol. The van der Waals surface area contributed by atoms with Gasteiger partial charge >= 0.3 is 0 Å². The number of fused-ring (bicyclic) bond motifs is 1. The van der Waals surface area contributed by atoms with Crippen LogP contribution in [0, 0.1) is 5.41 Å². The largest absolute Gasteiger partial charge is 0.790 e. The molecule has 1 saturated heterocycles. The Hall–Kier alpha value is -2.13. The van der Waals surface area contributed by atoms with E-state index in [1.807, 2.05) is 0 Å². The summed E-state index contributed by atoms with van der Waals surface area (Å²) in [5.74, 6) is -1.37. The number of aromatic nitrogens is 4. The van der Waals surface area contributed by atoms with Crippen molar-refractivity contribution in [2.75, 3.05) is 44.0 Å². The van der Waals surface area contributed by atoms with Gasteiger partial charge < -0.3 is 74.1 Å². The summed E-state index contributed by atoms with van der Waals surface area (Å²) in [6.07, 6.45) is -6.07. The predicted octanol–water partition coefficient (Wildman–Crippen LogP) is -3.79. The fourth-order valence-electron chi connectivity index (χ4n) is 4.56. The minimum atomic E-state index is -5.92. The third-order valence-corrected chi connectivity index (χ3v) is 12.0. The van der Waals surface area contributed by atoms with Crippen molar-refractivity contribution in [2.24, 2.45) is 5.41 Å². The maximum Gasteiger partial charge on any atom is 0.274 e. The maximum atomic E-state index is 12.5. The van der Waals surface area contributed by atoms with E-state index >= 15 is 0 Å². The van der Waals surface area contributed by atoms with Crippen LogP contribution in [0.5, 0.6) is 0 Å². The Morgan fingerprint density at radius 3 is 2.40 bits per heavy atom. The summed E-state index contributed by atoms with van der Waals surface area (Å²) in [4.78, 5) is 95.5. The topological polar surface area (TPSA) is 395 Å². The second-order valence-electron chi connectivity index (χ2n) is 12.1. The van der Waals surface area contributed by atoms with Crippen molar-refractivity contribution < 1.29 is 85.6 Å². The van der Waals surface area contributed by atoms with Crippen molar-refractivity contribution in [1.82, 2.24) is 30.2 Å². The van der Waals surface area contributed by atoms with Crippen LogP contribution in [0.3, 0.4) is 0 Å². The number of rotatable bonds is 22. The number of carbonyl (C=O) groups is 3. The number of hydrogen-bond acceptors (Lipinski definition) is 24. The lowest BCUT2D eigenvalue weighted by molar-refractivity contribution is -0.347. The van der Waals surface area contributed by atoms with Gasteiger partial charge in [0.25, 0.3) is 15.6 Å². The van der Waals surface area contributed by atoms with Crippen molar-refractivity contribution in [2.45, 2.75) is 62.8 Å². The maximum absolute atomic E-state index is 12.5. The zero-order valence-corrected chi connectivity index (χ0v) is 33.4. The third kappa shape index (κ3) is 14.6. The third-order valence-electron chi connectivity index (χ3n) is 7.35. The van der Waals surface area contributed by atoms with Crippen LogP contribution >= 0.6 is 47.0 Å². The molecule has 2 aromatic heterocycles. The monoisotopic (exact) mass is 881 g/mol. The average Bonchev–Trinajstić information content (AvgIpc) is 3.64. The smallest absolute Gasteiger partial charge is 0.274 e. The molecule has 0 aliphatic carbocycles. The van der Waals surface area contributed by atoms with Gasteiger partial charge in [-0.15, -0.1) is 11.8 Å². The Morgan fingerprint density at radius 2 is 1.75 bits per heavy atom. The van der Waals surface area contributed by atoms with Gasteiger partial charge in [0.2, 0.25) is 11.8 Å². The second-order valence-corrected chi connectivity index (χ2v) is 18.3. The minimum Gasteiger partial charge on any atom is -0.790 e. The molecule has 1 aliphatic rings. The average molecular weight is 882 g/mol. The number of nitrogens with zero attached hydrogens (tertiary/aromatic N) is 4. The van der Waals surface area contributed by atoms with E-state index in [9.17, 15) is 63.0 Å². The fraction of sp³-hybridized carbons (Fsp3) is 0.680. The van der Waals surface area contributed by atoms with Crippen LogP contribution in [0.2, 0.25) is 0 Å². The minimum absolute atomic E-state index is 0.0262. The predicted molar refractivity (Wildman–Crippen MR) is 182 cm³/mol. The number of nitrogens with one attached hydrogen (secondary N) is 2. The fourth-order valence-corrected chi connectivity index (χ4v) is 8.42. The molecule has 55 heavy (non-hydrogen) atoms. The van der Waals surface area contributed by atoms with Crippen molar-refractivity contribution in [1.29, 1.82) is 0 Å². The number of ether oxygens (including phenoxy) is 1. The van der Waals surface area contributed by atoms with Crippen molar-refractivity contribution in [3.63, 3.8) is 0 Å². The second kappa shape index (κ2) is 20.0. The summed E-state index contributed by atoms with van der Waals surface area (Å²) in [6.45, 7) is -0.0445. The Morgan fingerprint density at radius 1 is 1.07 bits per heavy atom. The molecule has 1 fully saturated rings. The molecule has 30 heteroatoms. The number of amides is 2. The van der Waals surface area contributed by atoms with Gasteiger partial charge in [-0.05, 0) is 6.26 Å². The van der Waals surface area contributed by atoms with Gasteiger partial charge in [0.15, 0.2) is 22.8 Å². The molecule has 2 aromatic rings. The van der Waals surface area contributed by atoms with Crippen LogP contribution in [-0.4, -0.2) is 120 Å².